The van der Waals surface area contributed by atoms with Crippen molar-refractivity contribution in [1.82, 2.24) is 9.80 Å². The van der Waals surface area contributed by atoms with Gasteiger partial charge in [-0.2, -0.15) is 0 Å². The molecule has 2 aromatic carbocycles. The Kier molecular flexibility index (Phi) is 6.72. The lowest BCUT2D eigenvalue weighted by Crippen LogP contribution is -2.40. The first-order chi connectivity index (χ1) is 15.1. The SMILES string of the molecule is O=C(OCc1ccccc1)N1C[C@@H](CN(C(=O)OCc2ccccc2)C2CC2)[C@H](O)C1. The Morgan fingerprint density at radius 1 is 0.903 bits per heavy atom. The summed E-state index contributed by atoms with van der Waals surface area (Å²) in [5.74, 6) is -0.228. The van der Waals surface area contributed by atoms with Gasteiger partial charge in [0, 0.05) is 25.0 Å². The first-order valence-corrected chi connectivity index (χ1v) is 10.7. The van der Waals surface area contributed by atoms with Crippen LogP contribution < -0.4 is 0 Å². The van der Waals surface area contributed by atoms with Gasteiger partial charge in [0.15, 0.2) is 0 Å². The normalized spacial score (nSPS) is 20.4. The fourth-order valence-corrected chi connectivity index (χ4v) is 3.81. The lowest BCUT2D eigenvalue weighted by molar-refractivity contribution is 0.0724. The summed E-state index contributed by atoms with van der Waals surface area (Å²) in [6, 6.07) is 19.2. The van der Waals surface area contributed by atoms with Crippen LogP contribution in [0.5, 0.6) is 0 Å². The Morgan fingerprint density at radius 2 is 1.48 bits per heavy atom. The molecule has 2 aliphatic rings. The van der Waals surface area contributed by atoms with Crippen LogP contribution in [0.25, 0.3) is 0 Å². The Balaban J connectivity index is 1.28. The van der Waals surface area contributed by atoms with Gasteiger partial charge >= 0.3 is 12.2 Å². The van der Waals surface area contributed by atoms with E-state index in [1.54, 1.807) is 4.90 Å². The molecule has 7 nitrogen and oxygen atoms in total. The van der Waals surface area contributed by atoms with Gasteiger partial charge in [-0.1, -0.05) is 60.7 Å². The maximum absolute atomic E-state index is 12.7. The molecule has 31 heavy (non-hydrogen) atoms. The topological polar surface area (TPSA) is 79.3 Å². The number of β-amino-alcohol motifs (C(OH)–C–C–N with tert-alkyl or cyclic N) is 1. The third-order valence-corrected chi connectivity index (χ3v) is 5.73. The summed E-state index contributed by atoms with van der Waals surface area (Å²) in [4.78, 5) is 28.3. The molecule has 1 saturated carbocycles. The lowest BCUT2D eigenvalue weighted by atomic mass is 10.1. The van der Waals surface area contributed by atoms with E-state index in [1.807, 2.05) is 60.7 Å². The van der Waals surface area contributed by atoms with Crippen molar-refractivity contribution in [2.45, 2.75) is 38.2 Å². The van der Waals surface area contributed by atoms with Crippen molar-refractivity contribution in [2.75, 3.05) is 19.6 Å². The Morgan fingerprint density at radius 3 is 2.06 bits per heavy atom. The van der Waals surface area contributed by atoms with Crippen LogP contribution >= 0.6 is 0 Å². The van der Waals surface area contributed by atoms with Crippen molar-refractivity contribution in [3.63, 3.8) is 0 Å². The number of nitrogens with zero attached hydrogens (tertiary/aromatic N) is 2. The maximum atomic E-state index is 12.7. The summed E-state index contributed by atoms with van der Waals surface area (Å²) < 4.78 is 10.9. The monoisotopic (exact) mass is 424 g/mol. The molecule has 1 heterocycles. The number of amides is 2. The van der Waals surface area contributed by atoms with E-state index in [1.165, 1.54) is 4.90 Å². The molecular weight excluding hydrogens is 396 g/mol. The first kappa shape index (κ1) is 21.2. The highest BCUT2D eigenvalue weighted by Crippen LogP contribution is 2.30. The van der Waals surface area contributed by atoms with Crippen molar-refractivity contribution in [3.8, 4) is 0 Å². The van der Waals surface area contributed by atoms with Crippen LogP contribution in [0.2, 0.25) is 0 Å². The zero-order valence-corrected chi connectivity index (χ0v) is 17.4. The molecule has 0 aromatic heterocycles. The lowest BCUT2D eigenvalue weighted by Gasteiger charge is -2.26. The molecule has 0 spiro atoms. The average molecular weight is 424 g/mol. The van der Waals surface area contributed by atoms with Crippen LogP contribution in [0.1, 0.15) is 24.0 Å². The van der Waals surface area contributed by atoms with E-state index < -0.39 is 12.2 Å². The second-order valence-corrected chi connectivity index (χ2v) is 8.20. The molecule has 4 rings (SSSR count). The van der Waals surface area contributed by atoms with Crippen LogP contribution in [0, 0.1) is 5.92 Å². The number of aliphatic hydroxyl groups excluding tert-OH is 1. The highest BCUT2D eigenvalue weighted by molar-refractivity contribution is 5.69. The molecule has 1 aliphatic heterocycles. The smallest absolute Gasteiger partial charge is 0.410 e. The molecule has 0 unspecified atom stereocenters. The zero-order chi connectivity index (χ0) is 21.6. The number of hydrogen-bond acceptors (Lipinski definition) is 5. The van der Waals surface area contributed by atoms with Gasteiger partial charge in [0.2, 0.25) is 0 Å². The minimum Gasteiger partial charge on any atom is -0.445 e. The predicted molar refractivity (Wildman–Crippen MR) is 114 cm³/mol. The minimum absolute atomic E-state index is 0.148. The average Bonchev–Trinajstić information content (AvgIpc) is 3.58. The number of aliphatic hydroxyl groups is 1. The maximum Gasteiger partial charge on any atom is 0.410 e. The number of benzene rings is 2. The molecule has 1 N–H and O–H groups in total. The van der Waals surface area contributed by atoms with E-state index in [0.29, 0.717) is 13.1 Å². The molecule has 7 heteroatoms. The van der Waals surface area contributed by atoms with E-state index >= 15 is 0 Å². The summed E-state index contributed by atoms with van der Waals surface area (Å²) in [5.41, 5.74) is 1.84. The number of rotatable bonds is 7. The van der Waals surface area contributed by atoms with Gasteiger partial charge in [-0.3, -0.25) is 0 Å². The number of carbonyl (C=O) groups is 2. The van der Waals surface area contributed by atoms with Gasteiger partial charge in [0.05, 0.1) is 12.6 Å². The molecule has 2 amide bonds. The van der Waals surface area contributed by atoms with E-state index in [4.69, 9.17) is 9.47 Å². The third kappa shape index (κ3) is 5.76. The number of hydrogen-bond donors (Lipinski definition) is 1. The first-order valence-electron chi connectivity index (χ1n) is 10.7. The van der Waals surface area contributed by atoms with Crippen LogP contribution in [0.3, 0.4) is 0 Å². The number of ether oxygens (including phenoxy) is 2. The molecule has 1 saturated heterocycles. The highest BCUT2D eigenvalue weighted by Gasteiger charge is 2.41. The Hall–Kier alpha value is -3.06. The van der Waals surface area contributed by atoms with Crippen molar-refractivity contribution < 1.29 is 24.2 Å². The van der Waals surface area contributed by atoms with Gasteiger partial charge in [-0.25, -0.2) is 9.59 Å². The Bertz CT molecular complexity index is 872. The van der Waals surface area contributed by atoms with Crippen LogP contribution in [-0.4, -0.2) is 58.9 Å². The van der Waals surface area contributed by atoms with Gasteiger partial charge in [0.1, 0.15) is 13.2 Å². The second-order valence-electron chi connectivity index (χ2n) is 8.20. The van der Waals surface area contributed by atoms with Gasteiger partial charge in [0.25, 0.3) is 0 Å². The molecule has 2 fully saturated rings. The third-order valence-electron chi connectivity index (χ3n) is 5.73. The molecule has 2 aromatic rings. The highest BCUT2D eigenvalue weighted by atomic mass is 16.6. The molecular formula is C24H28N2O5. The van der Waals surface area contributed by atoms with Crippen LogP contribution in [-0.2, 0) is 22.7 Å². The summed E-state index contributed by atoms with van der Waals surface area (Å²) in [7, 11) is 0. The molecule has 164 valence electrons. The van der Waals surface area contributed by atoms with Crippen LogP contribution in [0.15, 0.2) is 60.7 Å². The van der Waals surface area contributed by atoms with E-state index in [-0.39, 0.29) is 37.8 Å². The van der Waals surface area contributed by atoms with Gasteiger partial charge in [-0.15, -0.1) is 0 Å². The van der Waals surface area contributed by atoms with Crippen molar-refractivity contribution in [1.29, 1.82) is 0 Å². The quantitative estimate of drug-likeness (QED) is 0.737. The molecule has 2 atom stereocenters. The van der Waals surface area contributed by atoms with Crippen molar-refractivity contribution in [3.05, 3.63) is 71.8 Å². The Labute approximate surface area is 182 Å². The number of likely N-dealkylation sites (tertiary alicyclic amines) is 1. The minimum atomic E-state index is -0.701. The fourth-order valence-electron chi connectivity index (χ4n) is 3.81. The summed E-state index contributed by atoms with van der Waals surface area (Å²) in [5, 5.41) is 10.5. The fraction of sp³-hybridized carbons (Fsp3) is 0.417. The molecule has 0 bridgehead atoms. The van der Waals surface area contributed by atoms with Crippen molar-refractivity contribution in [2.24, 2.45) is 5.92 Å². The second kappa shape index (κ2) is 9.83. The molecule has 1 aliphatic carbocycles. The van der Waals surface area contributed by atoms with Crippen molar-refractivity contribution >= 4 is 12.2 Å². The zero-order valence-electron chi connectivity index (χ0n) is 17.4. The largest absolute Gasteiger partial charge is 0.445 e. The van der Waals surface area contributed by atoms with Crippen LogP contribution in [0.4, 0.5) is 9.59 Å². The standard InChI is InChI=1S/C24H28N2O5/c27-22-15-25(23(28)30-16-18-7-3-1-4-8-18)13-20(22)14-26(21-11-12-21)24(29)31-17-19-9-5-2-6-10-19/h1-10,20-22,27H,11-17H2/t20-,22+/m0/s1. The van der Waals surface area contributed by atoms with E-state index in [0.717, 1.165) is 24.0 Å². The molecule has 0 radical (unpaired) electrons. The van der Waals surface area contributed by atoms with Gasteiger partial charge in [-0.05, 0) is 24.0 Å². The van der Waals surface area contributed by atoms with Gasteiger partial charge < -0.3 is 24.4 Å². The summed E-state index contributed by atoms with van der Waals surface area (Å²) in [6.07, 6.45) is 0.351. The van der Waals surface area contributed by atoms with E-state index in [2.05, 4.69) is 0 Å². The summed E-state index contributed by atoms with van der Waals surface area (Å²) in [6.45, 7) is 1.33. The number of carbonyl (C=O) groups excluding carboxylic acids is 2. The van der Waals surface area contributed by atoms with E-state index in [9.17, 15) is 14.7 Å². The predicted octanol–water partition coefficient (Wildman–Crippen LogP) is 3.42. The summed E-state index contributed by atoms with van der Waals surface area (Å²) >= 11 is 0.